The summed E-state index contributed by atoms with van der Waals surface area (Å²) in [6, 6.07) is 0. The monoisotopic (exact) mass is 187 g/mol. The molecule has 0 saturated heterocycles. The lowest BCUT2D eigenvalue weighted by Crippen LogP contribution is -2.45. The molecule has 0 amide bonds. The van der Waals surface area contributed by atoms with Crippen LogP contribution in [0, 0.1) is 5.41 Å². The highest BCUT2D eigenvalue weighted by Gasteiger charge is 2.39. The van der Waals surface area contributed by atoms with Crippen LogP contribution in [0.15, 0.2) is 0 Å². The van der Waals surface area contributed by atoms with Crippen molar-refractivity contribution in [2.24, 2.45) is 11.1 Å². The fraction of sp³-hybridized carbons (Fsp3) is 1.00. The first-order valence-electron chi connectivity index (χ1n) is 5.05. The zero-order valence-electron chi connectivity index (χ0n) is 8.71. The van der Waals surface area contributed by atoms with Crippen molar-refractivity contribution in [2.45, 2.75) is 38.4 Å². The highest BCUT2D eigenvalue weighted by Crippen LogP contribution is 2.39. The predicted molar refractivity (Wildman–Crippen MR) is 52.4 cm³/mol. The summed E-state index contributed by atoms with van der Waals surface area (Å²) in [4.78, 5) is 0. The molecule has 0 bridgehead atoms. The van der Waals surface area contributed by atoms with Crippen LogP contribution < -0.4 is 5.73 Å². The van der Waals surface area contributed by atoms with Gasteiger partial charge in [-0.15, -0.1) is 0 Å². The van der Waals surface area contributed by atoms with E-state index in [4.69, 9.17) is 15.2 Å². The van der Waals surface area contributed by atoms with Gasteiger partial charge in [-0.1, -0.05) is 19.3 Å². The smallest absolute Gasteiger partial charge is 0.163 e. The summed E-state index contributed by atoms with van der Waals surface area (Å²) in [5, 5.41) is 0. The first-order valence-corrected chi connectivity index (χ1v) is 5.05. The van der Waals surface area contributed by atoms with Gasteiger partial charge in [0.2, 0.25) is 0 Å². The predicted octanol–water partition coefficient (Wildman–Crippen LogP) is 1.51. The SMILES string of the molecule is COC(OC)C1(CN)CCCCC1. The topological polar surface area (TPSA) is 44.5 Å². The Bertz CT molecular complexity index is 140. The van der Waals surface area contributed by atoms with Crippen molar-refractivity contribution in [1.29, 1.82) is 0 Å². The molecule has 0 heterocycles. The van der Waals surface area contributed by atoms with Gasteiger partial charge in [-0.2, -0.15) is 0 Å². The van der Waals surface area contributed by atoms with Gasteiger partial charge in [0.25, 0.3) is 0 Å². The van der Waals surface area contributed by atoms with E-state index in [0.29, 0.717) is 6.54 Å². The Labute approximate surface area is 80.6 Å². The second-order valence-electron chi connectivity index (χ2n) is 3.93. The molecule has 1 fully saturated rings. The molecule has 0 radical (unpaired) electrons. The van der Waals surface area contributed by atoms with E-state index in [1.165, 1.54) is 19.3 Å². The van der Waals surface area contributed by atoms with Crippen LogP contribution in [-0.4, -0.2) is 27.1 Å². The molecule has 1 rings (SSSR count). The third-order valence-electron chi connectivity index (χ3n) is 3.18. The Morgan fingerprint density at radius 1 is 1.15 bits per heavy atom. The molecule has 78 valence electrons. The highest BCUT2D eigenvalue weighted by atomic mass is 16.7. The number of rotatable bonds is 4. The lowest BCUT2D eigenvalue weighted by atomic mass is 9.73. The zero-order chi connectivity index (χ0) is 9.73. The standard InChI is InChI=1S/C10H21NO2/c1-12-9(13-2)10(8-11)6-4-3-5-7-10/h9H,3-8,11H2,1-2H3. The molecule has 1 aliphatic carbocycles. The van der Waals surface area contributed by atoms with Gasteiger partial charge < -0.3 is 15.2 Å². The third-order valence-corrected chi connectivity index (χ3v) is 3.18. The van der Waals surface area contributed by atoms with Crippen molar-refractivity contribution in [1.82, 2.24) is 0 Å². The minimum absolute atomic E-state index is 0.0712. The molecule has 0 aliphatic heterocycles. The molecular formula is C10H21NO2. The maximum absolute atomic E-state index is 5.83. The van der Waals surface area contributed by atoms with Gasteiger partial charge in [0, 0.05) is 26.2 Å². The van der Waals surface area contributed by atoms with Crippen molar-refractivity contribution in [3.8, 4) is 0 Å². The van der Waals surface area contributed by atoms with E-state index >= 15 is 0 Å². The number of hydrogen-bond donors (Lipinski definition) is 1. The summed E-state index contributed by atoms with van der Waals surface area (Å²) in [6.45, 7) is 0.666. The molecule has 0 aromatic rings. The molecule has 0 aromatic carbocycles. The van der Waals surface area contributed by atoms with E-state index in [9.17, 15) is 0 Å². The molecule has 2 N–H and O–H groups in total. The van der Waals surface area contributed by atoms with Crippen molar-refractivity contribution in [3.63, 3.8) is 0 Å². The summed E-state index contributed by atoms with van der Waals surface area (Å²) in [7, 11) is 3.39. The fourth-order valence-electron chi connectivity index (χ4n) is 2.39. The van der Waals surface area contributed by atoms with Crippen LogP contribution in [-0.2, 0) is 9.47 Å². The summed E-state index contributed by atoms with van der Waals surface area (Å²) in [5.74, 6) is 0. The lowest BCUT2D eigenvalue weighted by Gasteiger charge is -2.40. The minimum Gasteiger partial charge on any atom is -0.355 e. The average molecular weight is 187 g/mol. The summed E-state index contributed by atoms with van der Waals surface area (Å²) in [6.07, 6.45) is 5.96. The van der Waals surface area contributed by atoms with Crippen LogP contribution in [0.4, 0.5) is 0 Å². The third kappa shape index (κ3) is 2.22. The van der Waals surface area contributed by atoms with E-state index in [1.54, 1.807) is 14.2 Å². The van der Waals surface area contributed by atoms with Crippen LogP contribution in [0.5, 0.6) is 0 Å². The highest BCUT2D eigenvalue weighted by molar-refractivity contribution is 4.86. The Morgan fingerprint density at radius 2 is 1.69 bits per heavy atom. The molecule has 0 spiro atoms. The van der Waals surface area contributed by atoms with E-state index in [2.05, 4.69) is 0 Å². The van der Waals surface area contributed by atoms with Gasteiger partial charge in [0.05, 0.1) is 0 Å². The van der Waals surface area contributed by atoms with Gasteiger partial charge in [-0.05, 0) is 12.8 Å². The lowest BCUT2D eigenvalue weighted by molar-refractivity contribution is -0.185. The zero-order valence-corrected chi connectivity index (χ0v) is 8.71. The first-order chi connectivity index (χ1) is 6.29. The van der Waals surface area contributed by atoms with Crippen molar-refractivity contribution < 1.29 is 9.47 Å². The maximum Gasteiger partial charge on any atom is 0.163 e. The molecule has 1 saturated carbocycles. The van der Waals surface area contributed by atoms with Gasteiger partial charge in [-0.25, -0.2) is 0 Å². The Balaban J connectivity index is 2.64. The van der Waals surface area contributed by atoms with Crippen LogP contribution in [0.1, 0.15) is 32.1 Å². The first kappa shape index (κ1) is 11.0. The number of nitrogens with two attached hydrogens (primary N) is 1. The normalized spacial score (nSPS) is 22.2. The van der Waals surface area contributed by atoms with E-state index in [0.717, 1.165) is 12.8 Å². The molecule has 13 heavy (non-hydrogen) atoms. The minimum atomic E-state index is -0.127. The van der Waals surface area contributed by atoms with Gasteiger partial charge in [-0.3, -0.25) is 0 Å². The Morgan fingerprint density at radius 3 is 2.08 bits per heavy atom. The van der Waals surface area contributed by atoms with Crippen LogP contribution in [0.3, 0.4) is 0 Å². The molecule has 0 aromatic heterocycles. The average Bonchev–Trinajstić information content (AvgIpc) is 2.21. The number of ether oxygens (including phenoxy) is 2. The van der Waals surface area contributed by atoms with E-state index in [1.807, 2.05) is 0 Å². The Hall–Kier alpha value is -0.120. The van der Waals surface area contributed by atoms with Crippen LogP contribution >= 0.6 is 0 Å². The van der Waals surface area contributed by atoms with Gasteiger partial charge in [0.1, 0.15) is 0 Å². The second-order valence-corrected chi connectivity index (χ2v) is 3.93. The Kier molecular flexibility index (Phi) is 4.16. The molecule has 0 atom stereocenters. The summed E-state index contributed by atoms with van der Waals surface area (Å²) < 4.78 is 10.7. The second kappa shape index (κ2) is 4.94. The molecule has 1 aliphatic rings. The van der Waals surface area contributed by atoms with Crippen LogP contribution in [0.25, 0.3) is 0 Å². The van der Waals surface area contributed by atoms with E-state index in [-0.39, 0.29) is 11.7 Å². The molecule has 3 nitrogen and oxygen atoms in total. The van der Waals surface area contributed by atoms with Gasteiger partial charge >= 0.3 is 0 Å². The number of hydrogen-bond acceptors (Lipinski definition) is 3. The van der Waals surface area contributed by atoms with Gasteiger partial charge in [0.15, 0.2) is 6.29 Å². The van der Waals surface area contributed by atoms with Crippen molar-refractivity contribution in [3.05, 3.63) is 0 Å². The largest absolute Gasteiger partial charge is 0.355 e. The van der Waals surface area contributed by atoms with Crippen molar-refractivity contribution >= 4 is 0 Å². The molecule has 0 unspecified atom stereocenters. The van der Waals surface area contributed by atoms with Crippen molar-refractivity contribution in [2.75, 3.05) is 20.8 Å². The maximum atomic E-state index is 5.83. The number of methoxy groups -OCH3 is 2. The molecule has 3 heteroatoms. The van der Waals surface area contributed by atoms with E-state index < -0.39 is 0 Å². The fourth-order valence-corrected chi connectivity index (χ4v) is 2.39. The molecular weight excluding hydrogens is 166 g/mol. The summed E-state index contributed by atoms with van der Waals surface area (Å²) in [5.41, 5.74) is 5.90. The quantitative estimate of drug-likeness (QED) is 0.679. The summed E-state index contributed by atoms with van der Waals surface area (Å²) >= 11 is 0. The van der Waals surface area contributed by atoms with Crippen LogP contribution in [0.2, 0.25) is 0 Å².